The number of rotatable bonds is 8. The monoisotopic (exact) mass is 398 g/mol. The second-order valence-electron chi connectivity index (χ2n) is 7.33. The summed E-state index contributed by atoms with van der Waals surface area (Å²) in [6.45, 7) is 2.82. The van der Waals surface area contributed by atoms with Crippen LogP contribution in [-0.2, 0) is 17.7 Å². The molecule has 156 valence electrons. The molecule has 1 aromatic heterocycles. The third-order valence-electron chi connectivity index (χ3n) is 4.79. The zero-order valence-electron chi connectivity index (χ0n) is 17.2. The van der Waals surface area contributed by atoms with Crippen LogP contribution < -0.4 is 10.6 Å². The van der Waals surface area contributed by atoms with Gasteiger partial charge in [-0.15, -0.1) is 0 Å². The molecular formula is C22H30N4O3. The van der Waals surface area contributed by atoms with E-state index in [2.05, 4.69) is 10.6 Å². The highest BCUT2D eigenvalue weighted by molar-refractivity contribution is 5.93. The Kier molecular flexibility index (Phi) is 7.69. The van der Waals surface area contributed by atoms with Crippen LogP contribution >= 0.6 is 0 Å². The van der Waals surface area contributed by atoms with E-state index >= 15 is 0 Å². The summed E-state index contributed by atoms with van der Waals surface area (Å²) in [5, 5.41) is 6.74. The van der Waals surface area contributed by atoms with Crippen LogP contribution in [0.4, 0.5) is 0 Å². The van der Waals surface area contributed by atoms with Crippen molar-refractivity contribution in [2.75, 3.05) is 33.8 Å². The van der Waals surface area contributed by atoms with Crippen molar-refractivity contribution in [3.05, 3.63) is 59.5 Å². The van der Waals surface area contributed by atoms with E-state index < -0.39 is 0 Å². The van der Waals surface area contributed by atoms with Crippen LogP contribution in [-0.4, -0.2) is 56.7 Å². The maximum Gasteiger partial charge on any atom is 0.253 e. The van der Waals surface area contributed by atoms with Crippen LogP contribution in [0.25, 0.3) is 0 Å². The lowest BCUT2D eigenvalue weighted by atomic mass is 10.1. The fourth-order valence-electron chi connectivity index (χ4n) is 3.13. The number of nitrogens with one attached hydrogen (secondary N) is 2. The Balaban J connectivity index is 1.57. The van der Waals surface area contributed by atoms with Crippen molar-refractivity contribution in [1.29, 1.82) is 0 Å². The van der Waals surface area contributed by atoms with Gasteiger partial charge in [0.25, 0.3) is 5.91 Å². The van der Waals surface area contributed by atoms with Gasteiger partial charge in [0.15, 0.2) is 5.96 Å². The number of nitrogens with zero attached hydrogens (tertiary/aromatic N) is 2. The molecule has 0 saturated carbocycles. The number of amides is 1. The number of hydrogen-bond donors (Lipinski definition) is 2. The average Bonchev–Trinajstić information content (AvgIpc) is 3.43. The molecular weight excluding hydrogens is 368 g/mol. The fourth-order valence-corrected chi connectivity index (χ4v) is 3.13. The van der Waals surface area contributed by atoms with E-state index in [1.54, 1.807) is 25.3 Å². The third-order valence-corrected chi connectivity index (χ3v) is 4.79. The van der Waals surface area contributed by atoms with E-state index in [0.717, 1.165) is 56.2 Å². The molecule has 1 aromatic carbocycles. The predicted octanol–water partition coefficient (Wildman–Crippen LogP) is 2.44. The average molecular weight is 399 g/mol. The minimum Gasteiger partial charge on any atom is -0.469 e. The lowest BCUT2D eigenvalue weighted by Crippen LogP contribution is -2.41. The van der Waals surface area contributed by atoms with E-state index in [4.69, 9.17) is 14.1 Å². The largest absolute Gasteiger partial charge is 0.469 e. The van der Waals surface area contributed by atoms with Crippen molar-refractivity contribution in [2.45, 2.75) is 31.9 Å². The standard InChI is InChI=1S/C22H30N4O3/c1-26(2)21(27)18-9-7-17(8-10-18)15-24-22(25-16-20-6-4-14-29-20)23-12-11-19-5-3-13-28-19/h3,5,7-10,13,20H,4,6,11-12,14-16H2,1-2H3,(H2,23,24,25). The van der Waals surface area contributed by atoms with Crippen molar-refractivity contribution < 1.29 is 13.9 Å². The number of ether oxygens (including phenoxy) is 1. The topological polar surface area (TPSA) is 79.1 Å². The molecule has 7 nitrogen and oxygen atoms in total. The number of carbonyl (C=O) groups is 1. The van der Waals surface area contributed by atoms with Crippen molar-refractivity contribution in [3.8, 4) is 0 Å². The van der Waals surface area contributed by atoms with Crippen LogP contribution in [0.2, 0.25) is 0 Å². The Morgan fingerprint density at radius 3 is 2.69 bits per heavy atom. The van der Waals surface area contributed by atoms with Gasteiger partial charge in [0, 0.05) is 45.8 Å². The normalized spacial score (nSPS) is 16.6. The molecule has 0 aliphatic carbocycles. The van der Waals surface area contributed by atoms with Gasteiger partial charge in [-0.05, 0) is 42.7 Å². The lowest BCUT2D eigenvalue weighted by Gasteiger charge is -2.15. The number of carbonyl (C=O) groups excluding carboxylic acids is 1. The lowest BCUT2D eigenvalue weighted by molar-refractivity contribution is 0.0827. The van der Waals surface area contributed by atoms with Gasteiger partial charge in [0.1, 0.15) is 5.76 Å². The molecule has 0 radical (unpaired) electrons. The third kappa shape index (κ3) is 6.64. The highest BCUT2D eigenvalue weighted by Crippen LogP contribution is 2.11. The van der Waals surface area contributed by atoms with Crippen LogP contribution in [0, 0.1) is 0 Å². The Morgan fingerprint density at radius 1 is 1.21 bits per heavy atom. The van der Waals surface area contributed by atoms with Gasteiger partial charge in [-0.25, -0.2) is 4.99 Å². The molecule has 1 aliphatic heterocycles. The quantitative estimate of drug-likeness (QED) is 0.527. The van der Waals surface area contributed by atoms with E-state index in [1.165, 1.54) is 0 Å². The zero-order valence-corrected chi connectivity index (χ0v) is 17.2. The van der Waals surface area contributed by atoms with Crippen LogP contribution in [0.5, 0.6) is 0 Å². The van der Waals surface area contributed by atoms with Gasteiger partial charge in [-0.2, -0.15) is 0 Å². The zero-order chi connectivity index (χ0) is 20.5. The summed E-state index contributed by atoms with van der Waals surface area (Å²) in [5.74, 6) is 1.69. The summed E-state index contributed by atoms with van der Waals surface area (Å²) >= 11 is 0. The summed E-state index contributed by atoms with van der Waals surface area (Å²) in [5.41, 5.74) is 1.72. The molecule has 1 saturated heterocycles. The second kappa shape index (κ2) is 10.7. The predicted molar refractivity (Wildman–Crippen MR) is 113 cm³/mol. The van der Waals surface area contributed by atoms with E-state index in [-0.39, 0.29) is 12.0 Å². The summed E-state index contributed by atoms with van der Waals surface area (Å²) in [6, 6.07) is 11.4. The van der Waals surface area contributed by atoms with Crippen molar-refractivity contribution >= 4 is 11.9 Å². The molecule has 1 fully saturated rings. The van der Waals surface area contributed by atoms with Crippen LogP contribution in [0.15, 0.2) is 52.1 Å². The van der Waals surface area contributed by atoms with Crippen LogP contribution in [0.3, 0.4) is 0 Å². The number of benzene rings is 1. The smallest absolute Gasteiger partial charge is 0.253 e. The number of furan rings is 1. The minimum absolute atomic E-state index is 0.00133. The summed E-state index contributed by atoms with van der Waals surface area (Å²) in [7, 11) is 3.50. The summed E-state index contributed by atoms with van der Waals surface area (Å²) in [4.78, 5) is 18.3. The first-order valence-corrected chi connectivity index (χ1v) is 10.1. The maximum atomic E-state index is 12.0. The second-order valence-corrected chi connectivity index (χ2v) is 7.33. The molecule has 2 heterocycles. The molecule has 0 spiro atoms. The number of hydrogen-bond acceptors (Lipinski definition) is 4. The first-order valence-electron chi connectivity index (χ1n) is 10.1. The van der Waals surface area contributed by atoms with Gasteiger partial charge in [-0.1, -0.05) is 12.1 Å². The first-order chi connectivity index (χ1) is 14.1. The molecule has 1 amide bonds. The van der Waals surface area contributed by atoms with Gasteiger partial charge in [0.2, 0.25) is 0 Å². The van der Waals surface area contributed by atoms with E-state index in [1.807, 2.05) is 36.4 Å². The van der Waals surface area contributed by atoms with Gasteiger partial charge in [0.05, 0.1) is 18.9 Å². The molecule has 0 bridgehead atoms. The number of guanidine groups is 1. The maximum absolute atomic E-state index is 12.0. The SMILES string of the molecule is CN(C)C(=O)c1ccc(CN=C(NCCc2ccco2)NCC2CCCO2)cc1. The summed E-state index contributed by atoms with van der Waals surface area (Å²) in [6.07, 6.45) is 4.90. The fraction of sp³-hybridized carbons (Fsp3) is 0.455. The molecule has 1 atom stereocenters. The molecule has 2 N–H and O–H groups in total. The van der Waals surface area contributed by atoms with Crippen molar-refractivity contribution in [3.63, 3.8) is 0 Å². The van der Waals surface area contributed by atoms with E-state index in [9.17, 15) is 4.79 Å². The minimum atomic E-state index is -0.00133. The molecule has 2 aromatic rings. The van der Waals surface area contributed by atoms with Gasteiger partial charge < -0.3 is 24.7 Å². The first kappa shape index (κ1) is 20.9. The Labute approximate surface area is 172 Å². The number of aliphatic imine (C=N–C) groups is 1. The summed E-state index contributed by atoms with van der Waals surface area (Å²) < 4.78 is 11.1. The van der Waals surface area contributed by atoms with Gasteiger partial charge in [-0.3, -0.25) is 4.79 Å². The highest BCUT2D eigenvalue weighted by Gasteiger charge is 2.15. The Hall–Kier alpha value is -2.80. The van der Waals surface area contributed by atoms with Gasteiger partial charge >= 0.3 is 0 Å². The van der Waals surface area contributed by atoms with E-state index in [0.29, 0.717) is 12.1 Å². The molecule has 1 unspecified atom stereocenters. The highest BCUT2D eigenvalue weighted by atomic mass is 16.5. The molecule has 3 rings (SSSR count). The van der Waals surface area contributed by atoms with Crippen molar-refractivity contribution in [1.82, 2.24) is 15.5 Å². The van der Waals surface area contributed by atoms with Crippen molar-refractivity contribution in [2.24, 2.45) is 4.99 Å². The Bertz CT molecular complexity index is 779. The molecule has 1 aliphatic rings. The molecule has 29 heavy (non-hydrogen) atoms. The molecule has 7 heteroatoms. The van der Waals surface area contributed by atoms with Crippen LogP contribution in [0.1, 0.15) is 34.5 Å². The Morgan fingerprint density at radius 2 is 2.03 bits per heavy atom.